The molecule has 1 aromatic rings. The summed E-state index contributed by atoms with van der Waals surface area (Å²) in [6.07, 6.45) is -2.85. The van der Waals surface area contributed by atoms with E-state index in [0.29, 0.717) is 17.6 Å². The zero-order valence-electron chi connectivity index (χ0n) is 26.2. The van der Waals surface area contributed by atoms with E-state index in [0.717, 1.165) is 0 Å². The summed E-state index contributed by atoms with van der Waals surface area (Å²) in [4.78, 5) is 50.3. The van der Waals surface area contributed by atoms with Gasteiger partial charge in [0.05, 0.1) is 17.8 Å². The molecule has 2 aliphatic heterocycles. The highest BCUT2D eigenvalue weighted by Gasteiger charge is 2.68. The van der Waals surface area contributed by atoms with Gasteiger partial charge in [0.15, 0.2) is 0 Å². The lowest BCUT2D eigenvalue weighted by Crippen LogP contribution is -2.51. The molecule has 0 aromatic heterocycles. The van der Waals surface area contributed by atoms with Gasteiger partial charge in [-0.1, -0.05) is 52.0 Å². The molecule has 4 rings (SSSR count). The predicted molar refractivity (Wildman–Crippen MR) is 155 cm³/mol. The molecule has 10 nitrogen and oxygen atoms in total. The van der Waals surface area contributed by atoms with Crippen LogP contribution < -0.4 is 0 Å². The number of esters is 4. The minimum Gasteiger partial charge on any atom is -0.462 e. The Morgan fingerprint density at radius 1 is 0.907 bits per heavy atom. The first-order chi connectivity index (χ1) is 20.1. The molecule has 1 saturated heterocycles. The Kier molecular flexibility index (Phi) is 9.42. The van der Waals surface area contributed by atoms with Crippen molar-refractivity contribution in [2.45, 2.75) is 110 Å². The maximum absolute atomic E-state index is 13.3. The van der Waals surface area contributed by atoms with Crippen molar-refractivity contribution in [3.63, 3.8) is 0 Å². The third-order valence-electron chi connectivity index (χ3n) is 9.40. The van der Waals surface area contributed by atoms with Gasteiger partial charge in [0.25, 0.3) is 0 Å². The lowest BCUT2D eigenvalue weighted by Gasteiger charge is -2.41. The van der Waals surface area contributed by atoms with Crippen molar-refractivity contribution >= 4 is 23.9 Å². The van der Waals surface area contributed by atoms with Crippen LogP contribution in [0, 0.1) is 23.2 Å². The molecule has 2 fully saturated rings. The lowest BCUT2D eigenvalue weighted by molar-refractivity contribution is -0.184. The zero-order valence-corrected chi connectivity index (χ0v) is 26.2. The fourth-order valence-corrected chi connectivity index (χ4v) is 7.22. The summed E-state index contributed by atoms with van der Waals surface area (Å²) in [5.41, 5.74) is -1.22. The van der Waals surface area contributed by atoms with Crippen molar-refractivity contribution < 1.29 is 48.0 Å². The number of aliphatic hydroxyl groups is 1. The summed E-state index contributed by atoms with van der Waals surface area (Å²) in [5, 5.41) is 12.0. The Balaban J connectivity index is 1.90. The van der Waals surface area contributed by atoms with Crippen LogP contribution in [0.5, 0.6) is 0 Å². The Labute approximate surface area is 253 Å². The van der Waals surface area contributed by atoms with E-state index in [-0.39, 0.29) is 12.3 Å². The normalized spacial score (nSPS) is 38.0. The Bertz CT molecular complexity index is 1260. The Morgan fingerprint density at radius 3 is 2.09 bits per heavy atom. The molecule has 10 heteroatoms. The van der Waals surface area contributed by atoms with E-state index < -0.39 is 83.4 Å². The Hall–Kier alpha value is -3.24. The fourth-order valence-electron chi connectivity index (χ4n) is 7.22. The van der Waals surface area contributed by atoms with Crippen LogP contribution in [-0.4, -0.2) is 71.2 Å². The maximum Gasteiger partial charge on any atom is 0.338 e. The van der Waals surface area contributed by atoms with Crippen LogP contribution in [0.4, 0.5) is 0 Å². The van der Waals surface area contributed by atoms with Gasteiger partial charge < -0.3 is 28.8 Å². The van der Waals surface area contributed by atoms with E-state index in [1.165, 1.54) is 20.8 Å². The molecule has 236 valence electrons. The van der Waals surface area contributed by atoms with Crippen LogP contribution in [0.25, 0.3) is 0 Å². The SMILES string of the molecule is CC(=O)O[C@@H]1C[C@@H](OC(C)=O)C(C)(C)[C@H](O)[C@H]2O[C@@]3(C[C@H](C)[C@H](OC(=O)c4ccccc4)[C@@H]3/C=C/1C)[C@@H](OC(C)=O)[C@@H]2C. The van der Waals surface area contributed by atoms with Gasteiger partial charge in [-0.25, -0.2) is 4.79 Å². The average Bonchev–Trinajstić information content (AvgIpc) is 3.33. The number of carbonyl (C=O) groups is 4. The molecule has 2 bridgehead atoms. The van der Waals surface area contributed by atoms with Crippen molar-refractivity contribution in [2.75, 3.05) is 0 Å². The van der Waals surface area contributed by atoms with Crippen LogP contribution in [0.3, 0.4) is 0 Å². The van der Waals surface area contributed by atoms with Crippen molar-refractivity contribution in [3.8, 4) is 0 Å². The van der Waals surface area contributed by atoms with Gasteiger partial charge in [-0.3, -0.25) is 14.4 Å². The number of benzene rings is 1. The minimum absolute atomic E-state index is 0.0871. The van der Waals surface area contributed by atoms with Crippen LogP contribution in [-0.2, 0) is 38.1 Å². The second-order valence-electron chi connectivity index (χ2n) is 13.0. The second kappa shape index (κ2) is 12.4. The number of carbonyl (C=O) groups excluding carboxylic acids is 4. The molecule has 0 radical (unpaired) electrons. The highest BCUT2D eigenvalue weighted by atomic mass is 16.6. The average molecular weight is 601 g/mol. The lowest BCUT2D eigenvalue weighted by atomic mass is 9.72. The number of rotatable bonds is 5. The zero-order chi connectivity index (χ0) is 31.9. The third kappa shape index (κ3) is 6.36. The molecule has 0 unspecified atom stereocenters. The standard InChI is InChI=1S/C33H44O10/c1-17-14-24-27(42-31(38)23-12-10-9-11-13-23)18(2)16-33(24)30(41-22(6)36)19(3)28(43-33)29(37)32(7,8)26(40-21(5)35)15-25(17)39-20(4)34/h9-14,18-19,24-30,37H,15-16H2,1-8H3/b17-14+/t18-,19+,24-,25+,26+,27-,28-,29+,30-,33+/m0/s1. The number of ether oxygens (including phenoxy) is 5. The number of fused-ring (bicyclic) bond motifs is 1. The van der Waals surface area contributed by atoms with E-state index in [1.54, 1.807) is 45.0 Å². The van der Waals surface area contributed by atoms with E-state index in [2.05, 4.69) is 0 Å². The first kappa shape index (κ1) is 32.7. The van der Waals surface area contributed by atoms with Crippen molar-refractivity contribution in [3.05, 3.63) is 47.5 Å². The van der Waals surface area contributed by atoms with Gasteiger partial charge in [0.1, 0.15) is 30.0 Å². The van der Waals surface area contributed by atoms with Crippen LogP contribution in [0.15, 0.2) is 42.0 Å². The summed E-state index contributed by atoms with van der Waals surface area (Å²) in [7, 11) is 0. The molecule has 10 atom stereocenters. The van der Waals surface area contributed by atoms with Gasteiger partial charge in [0, 0.05) is 44.4 Å². The Morgan fingerprint density at radius 2 is 1.51 bits per heavy atom. The molecule has 1 saturated carbocycles. The minimum atomic E-state index is -1.18. The second-order valence-corrected chi connectivity index (χ2v) is 13.0. The molecule has 1 N–H and O–H groups in total. The monoisotopic (exact) mass is 600 g/mol. The van der Waals surface area contributed by atoms with E-state index in [4.69, 9.17) is 23.7 Å². The molecule has 43 heavy (non-hydrogen) atoms. The summed E-state index contributed by atoms with van der Waals surface area (Å²) in [6.45, 7) is 13.1. The van der Waals surface area contributed by atoms with Gasteiger partial charge in [0.2, 0.25) is 0 Å². The highest BCUT2D eigenvalue weighted by molar-refractivity contribution is 5.89. The number of hydrogen-bond acceptors (Lipinski definition) is 10. The van der Waals surface area contributed by atoms with Gasteiger partial charge >= 0.3 is 23.9 Å². The molecular weight excluding hydrogens is 556 g/mol. The molecule has 1 aliphatic carbocycles. The predicted octanol–water partition coefficient (Wildman–Crippen LogP) is 4.17. The van der Waals surface area contributed by atoms with Crippen molar-refractivity contribution in [2.24, 2.45) is 23.2 Å². The first-order valence-electron chi connectivity index (χ1n) is 14.9. The largest absolute Gasteiger partial charge is 0.462 e. The molecular formula is C33H44O10. The van der Waals surface area contributed by atoms with E-state index >= 15 is 0 Å². The molecule has 1 aromatic carbocycles. The van der Waals surface area contributed by atoms with Gasteiger partial charge in [-0.15, -0.1) is 0 Å². The molecule has 1 spiro atoms. The summed E-state index contributed by atoms with van der Waals surface area (Å²) in [5.74, 6) is -3.41. The topological polar surface area (TPSA) is 135 Å². The molecule has 0 amide bonds. The van der Waals surface area contributed by atoms with Crippen LogP contribution >= 0.6 is 0 Å². The smallest absolute Gasteiger partial charge is 0.338 e. The maximum atomic E-state index is 13.3. The summed E-state index contributed by atoms with van der Waals surface area (Å²) in [6, 6.07) is 8.66. The molecule has 2 heterocycles. The number of aliphatic hydroxyl groups excluding tert-OH is 1. The molecule has 3 aliphatic rings. The number of hydrogen-bond donors (Lipinski definition) is 1. The van der Waals surface area contributed by atoms with E-state index in [9.17, 15) is 24.3 Å². The quantitative estimate of drug-likeness (QED) is 0.298. The summed E-state index contributed by atoms with van der Waals surface area (Å²) >= 11 is 0. The highest BCUT2D eigenvalue weighted by Crippen LogP contribution is 2.57. The first-order valence-corrected chi connectivity index (χ1v) is 14.9. The van der Waals surface area contributed by atoms with E-state index in [1.807, 2.05) is 26.0 Å². The summed E-state index contributed by atoms with van der Waals surface area (Å²) < 4.78 is 30.5. The fraction of sp³-hybridized carbons (Fsp3) is 0.636. The van der Waals surface area contributed by atoms with Crippen molar-refractivity contribution in [1.29, 1.82) is 0 Å². The van der Waals surface area contributed by atoms with Crippen LogP contribution in [0.2, 0.25) is 0 Å². The van der Waals surface area contributed by atoms with Gasteiger partial charge in [-0.05, 0) is 37.0 Å². The van der Waals surface area contributed by atoms with Crippen molar-refractivity contribution in [1.82, 2.24) is 0 Å². The van der Waals surface area contributed by atoms with Gasteiger partial charge in [-0.2, -0.15) is 0 Å². The van der Waals surface area contributed by atoms with Crippen LogP contribution in [0.1, 0.15) is 78.6 Å². The third-order valence-corrected chi connectivity index (χ3v) is 9.40.